The van der Waals surface area contributed by atoms with Crippen LogP contribution in [-0.4, -0.2) is 40.9 Å². The highest BCUT2D eigenvalue weighted by atomic mass is 16.6. The average molecular weight is 469 g/mol. The molecule has 0 N–H and O–H groups in total. The molecular formula is C27H36N2O5. The lowest BCUT2D eigenvalue weighted by Gasteiger charge is -2.63. The highest BCUT2D eigenvalue weighted by Gasteiger charge is 2.62. The number of hydrogen-bond acceptors (Lipinski definition) is 5. The van der Waals surface area contributed by atoms with Crippen molar-refractivity contribution in [2.45, 2.75) is 77.9 Å². The summed E-state index contributed by atoms with van der Waals surface area (Å²) in [7, 11) is 1.99. The van der Waals surface area contributed by atoms with Gasteiger partial charge in [-0.15, -0.1) is 0 Å². The molecule has 184 valence electrons. The van der Waals surface area contributed by atoms with Gasteiger partial charge in [-0.1, -0.05) is 20.8 Å². The zero-order valence-corrected chi connectivity index (χ0v) is 20.7. The van der Waals surface area contributed by atoms with E-state index in [0.29, 0.717) is 41.7 Å². The predicted molar refractivity (Wildman–Crippen MR) is 127 cm³/mol. The van der Waals surface area contributed by atoms with Gasteiger partial charge in [0.15, 0.2) is 0 Å². The number of benzene rings is 1. The molecule has 1 aromatic rings. The van der Waals surface area contributed by atoms with E-state index in [9.17, 15) is 19.7 Å². The van der Waals surface area contributed by atoms with E-state index in [2.05, 4.69) is 20.8 Å². The molecule has 1 saturated heterocycles. The molecule has 3 aliphatic carbocycles. The Kier molecular flexibility index (Phi) is 5.53. The SMILES string of the molecule is CC1CC2N(C)C(=O)CC[C@]2(C)[C@@H]2CC[C@]3(C)CC(OC(=O)c4ccc([N+](=O)[O-])cc4)C[C@H]3[C@H]12. The molecule has 1 aliphatic heterocycles. The first-order valence-corrected chi connectivity index (χ1v) is 12.7. The van der Waals surface area contributed by atoms with E-state index >= 15 is 0 Å². The highest BCUT2D eigenvalue weighted by molar-refractivity contribution is 5.89. The highest BCUT2D eigenvalue weighted by Crippen LogP contribution is 2.66. The van der Waals surface area contributed by atoms with Gasteiger partial charge in [-0.3, -0.25) is 14.9 Å². The minimum Gasteiger partial charge on any atom is -0.459 e. The number of rotatable bonds is 3. The second-order valence-electron chi connectivity index (χ2n) is 12.0. The zero-order valence-electron chi connectivity index (χ0n) is 20.7. The summed E-state index contributed by atoms with van der Waals surface area (Å²) in [6, 6.07) is 5.98. The van der Waals surface area contributed by atoms with Crippen LogP contribution in [0.5, 0.6) is 0 Å². The Morgan fingerprint density at radius 1 is 1.15 bits per heavy atom. The Balaban J connectivity index is 1.33. The molecular weight excluding hydrogens is 432 g/mol. The first-order chi connectivity index (χ1) is 16.0. The summed E-state index contributed by atoms with van der Waals surface area (Å²) < 4.78 is 5.97. The maximum Gasteiger partial charge on any atom is 0.338 e. The molecule has 4 fully saturated rings. The van der Waals surface area contributed by atoms with Gasteiger partial charge >= 0.3 is 5.97 Å². The van der Waals surface area contributed by atoms with Gasteiger partial charge in [-0.25, -0.2) is 4.79 Å². The maximum absolute atomic E-state index is 12.8. The number of amides is 1. The summed E-state index contributed by atoms with van der Waals surface area (Å²) in [6.07, 6.45) is 6.65. The molecule has 3 unspecified atom stereocenters. The predicted octanol–water partition coefficient (Wildman–Crippen LogP) is 5.23. The summed E-state index contributed by atoms with van der Waals surface area (Å²) in [5.41, 5.74) is 0.652. The lowest BCUT2D eigenvalue weighted by atomic mass is 9.45. The van der Waals surface area contributed by atoms with Gasteiger partial charge in [-0.2, -0.15) is 0 Å². The monoisotopic (exact) mass is 468 g/mol. The summed E-state index contributed by atoms with van der Waals surface area (Å²) >= 11 is 0. The molecule has 4 aliphatic rings. The number of likely N-dealkylation sites (tertiary alicyclic amines) is 1. The molecule has 7 nitrogen and oxygen atoms in total. The Morgan fingerprint density at radius 3 is 2.53 bits per heavy atom. The molecule has 1 heterocycles. The lowest BCUT2D eigenvalue weighted by molar-refractivity contribution is -0.384. The molecule has 7 heteroatoms. The van der Waals surface area contributed by atoms with Crippen molar-refractivity contribution in [1.29, 1.82) is 0 Å². The second-order valence-corrected chi connectivity index (χ2v) is 12.0. The second kappa shape index (κ2) is 8.06. The Bertz CT molecular complexity index is 1010. The third kappa shape index (κ3) is 3.54. The van der Waals surface area contributed by atoms with E-state index in [-0.39, 0.29) is 28.5 Å². The number of esters is 1. The van der Waals surface area contributed by atoms with Crippen LogP contribution >= 0.6 is 0 Å². The van der Waals surface area contributed by atoms with Crippen molar-refractivity contribution >= 4 is 17.6 Å². The van der Waals surface area contributed by atoms with Crippen molar-refractivity contribution in [1.82, 2.24) is 4.90 Å². The average Bonchev–Trinajstić information content (AvgIpc) is 3.14. The normalized spacial score (nSPS) is 41.3. The van der Waals surface area contributed by atoms with Gasteiger partial charge in [0, 0.05) is 31.6 Å². The van der Waals surface area contributed by atoms with Crippen LogP contribution in [-0.2, 0) is 9.53 Å². The Hall–Kier alpha value is -2.44. The number of nitro groups is 1. The van der Waals surface area contributed by atoms with Crippen molar-refractivity contribution in [2.75, 3.05) is 7.05 Å². The molecule has 8 atom stereocenters. The maximum atomic E-state index is 12.8. The van der Waals surface area contributed by atoms with Crippen LogP contribution in [0.3, 0.4) is 0 Å². The number of carbonyl (C=O) groups excluding carboxylic acids is 2. The van der Waals surface area contributed by atoms with Crippen molar-refractivity contribution in [3.63, 3.8) is 0 Å². The standard InChI is InChI=1S/C27H36N2O5/c1-16-13-22-27(3,12-10-23(30)28(22)4)20-9-11-26(2)15-19(14-21(26)24(16)20)34-25(31)17-5-7-18(8-6-17)29(32)33/h5-8,16,19-22,24H,9-15H2,1-4H3/t16?,19?,20-,21+,22?,24-,26-,27-/m1/s1. The van der Waals surface area contributed by atoms with Crippen molar-refractivity contribution in [3.05, 3.63) is 39.9 Å². The van der Waals surface area contributed by atoms with E-state index in [4.69, 9.17) is 4.74 Å². The number of nitrogens with zero attached hydrogens (tertiary/aromatic N) is 2. The fourth-order valence-electron chi connectivity index (χ4n) is 8.49. The van der Waals surface area contributed by atoms with Gasteiger partial charge in [0.05, 0.1) is 10.5 Å². The number of piperidine rings is 1. The van der Waals surface area contributed by atoms with E-state index in [1.165, 1.54) is 30.7 Å². The van der Waals surface area contributed by atoms with Crippen LogP contribution in [0.4, 0.5) is 5.69 Å². The van der Waals surface area contributed by atoms with Crippen LogP contribution in [0.1, 0.15) is 76.1 Å². The fourth-order valence-corrected chi connectivity index (χ4v) is 8.49. The van der Waals surface area contributed by atoms with E-state index in [1.807, 2.05) is 11.9 Å². The first kappa shape index (κ1) is 23.3. The van der Waals surface area contributed by atoms with Crippen molar-refractivity contribution < 1.29 is 19.2 Å². The quantitative estimate of drug-likeness (QED) is 0.344. The Morgan fingerprint density at radius 2 is 1.85 bits per heavy atom. The van der Waals surface area contributed by atoms with Gasteiger partial charge in [0.2, 0.25) is 5.91 Å². The number of carbonyl (C=O) groups is 2. The summed E-state index contributed by atoms with van der Waals surface area (Å²) in [4.78, 5) is 37.7. The van der Waals surface area contributed by atoms with Gasteiger partial charge in [0.1, 0.15) is 6.10 Å². The number of hydrogen-bond donors (Lipinski definition) is 0. The molecule has 1 aromatic carbocycles. The Labute approximate surface area is 201 Å². The van der Waals surface area contributed by atoms with Gasteiger partial charge in [-0.05, 0) is 85.2 Å². The summed E-state index contributed by atoms with van der Waals surface area (Å²) in [5, 5.41) is 10.9. The van der Waals surface area contributed by atoms with Gasteiger partial charge < -0.3 is 9.64 Å². The van der Waals surface area contributed by atoms with Crippen LogP contribution in [0.2, 0.25) is 0 Å². The summed E-state index contributed by atoms with van der Waals surface area (Å²) in [5.74, 6) is 2.12. The minimum absolute atomic E-state index is 0.0323. The third-order valence-electron chi connectivity index (χ3n) is 10.2. The third-order valence-corrected chi connectivity index (χ3v) is 10.2. The molecule has 0 aromatic heterocycles. The smallest absolute Gasteiger partial charge is 0.338 e. The fraction of sp³-hybridized carbons (Fsp3) is 0.704. The minimum atomic E-state index is -0.468. The molecule has 0 bridgehead atoms. The molecule has 0 spiro atoms. The first-order valence-electron chi connectivity index (χ1n) is 12.7. The number of nitro benzene ring substituents is 1. The van der Waals surface area contributed by atoms with E-state index in [0.717, 1.165) is 32.1 Å². The van der Waals surface area contributed by atoms with Crippen LogP contribution in [0.25, 0.3) is 0 Å². The number of ether oxygens (including phenoxy) is 1. The van der Waals surface area contributed by atoms with Crippen molar-refractivity contribution in [3.8, 4) is 0 Å². The van der Waals surface area contributed by atoms with Crippen LogP contribution in [0.15, 0.2) is 24.3 Å². The lowest BCUT2D eigenvalue weighted by Crippen LogP contribution is -2.62. The molecule has 34 heavy (non-hydrogen) atoms. The molecule has 3 saturated carbocycles. The molecule has 0 radical (unpaired) electrons. The van der Waals surface area contributed by atoms with E-state index in [1.54, 1.807) is 0 Å². The number of non-ortho nitro benzene ring substituents is 1. The molecule has 5 rings (SSSR count). The largest absolute Gasteiger partial charge is 0.459 e. The van der Waals surface area contributed by atoms with Crippen molar-refractivity contribution in [2.24, 2.45) is 34.5 Å². The number of fused-ring (bicyclic) bond motifs is 5. The topological polar surface area (TPSA) is 89.8 Å². The van der Waals surface area contributed by atoms with Crippen LogP contribution < -0.4 is 0 Å². The summed E-state index contributed by atoms with van der Waals surface area (Å²) in [6.45, 7) is 7.17. The van der Waals surface area contributed by atoms with Gasteiger partial charge in [0.25, 0.3) is 5.69 Å². The van der Waals surface area contributed by atoms with Crippen LogP contribution in [0, 0.1) is 44.6 Å². The van der Waals surface area contributed by atoms with E-state index < -0.39 is 10.9 Å². The molecule has 1 amide bonds. The zero-order chi connectivity index (χ0) is 24.4.